The first-order chi connectivity index (χ1) is 12.5. The minimum atomic E-state index is -0.492. The second kappa shape index (κ2) is 12.9. The zero-order chi connectivity index (χ0) is 19.4. The van der Waals surface area contributed by atoms with E-state index in [4.69, 9.17) is 9.47 Å². The molecule has 4 heteroatoms. The summed E-state index contributed by atoms with van der Waals surface area (Å²) in [5.41, 5.74) is 1.73. The molecule has 150 valence electrons. The van der Waals surface area contributed by atoms with E-state index < -0.39 is 5.92 Å². The van der Waals surface area contributed by atoms with Crippen molar-refractivity contribution in [2.75, 3.05) is 13.2 Å². The number of carbonyl (C=O) groups is 2. The number of rotatable bonds is 11. The maximum absolute atomic E-state index is 12.9. The molecule has 1 unspecified atom stereocenters. The number of hydrogen-bond donors (Lipinski definition) is 0. The summed E-state index contributed by atoms with van der Waals surface area (Å²) < 4.78 is 11.0. The zero-order valence-corrected chi connectivity index (χ0v) is 17.3. The van der Waals surface area contributed by atoms with Gasteiger partial charge in [0.1, 0.15) is 0 Å². The van der Waals surface area contributed by atoms with Crippen molar-refractivity contribution in [1.82, 2.24) is 0 Å². The van der Waals surface area contributed by atoms with Gasteiger partial charge in [-0.2, -0.15) is 0 Å². The van der Waals surface area contributed by atoms with E-state index in [0.29, 0.717) is 31.1 Å². The molecule has 0 amide bonds. The molecule has 1 fully saturated rings. The van der Waals surface area contributed by atoms with Crippen LogP contribution in [0.1, 0.15) is 91.9 Å². The highest BCUT2D eigenvalue weighted by Crippen LogP contribution is 2.33. The van der Waals surface area contributed by atoms with Gasteiger partial charge in [0, 0.05) is 0 Å². The van der Waals surface area contributed by atoms with E-state index >= 15 is 0 Å². The molecular formula is C22H38O4. The molecule has 0 spiro atoms. The number of allylic oxidation sites excluding steroid dienone is 1. The van der Waals surface area contributed by atoms with Gasteiger partial charge in [-0.15, -0.1) is 0 Å². The van der Waals surface area contributed by atoms with Gasteiger partial charge in [0.25, 0.3) is 0 Å². The fourth-order valence-corrected chi connectivity index (χ4v) is 3.39. The molecule has 1 saturated carbocycles. The average molecular weight is 367 g/mol. The number of hydrogen-bond acceptors (Lipinski definition) is 4. The Morgan fingerprint density at radius 3 is 2.04 bits per heavy atom. The number of ether oxygens (including phenoxy) is 2. The highest BCUT2D eigenvalue weighted by Gasteiger charge is 2.33. The van der Waals surface area contributed by atoms with Crippen LogP contribution in [0.2, 0.25) is 0 Å². The lowest BCUT2D eigenvalue weighted by Gasteiger charge is -2.25. The molecule has 4 nitrogen and oxygen atoms in total. The third-order valence-electron chi connectivity index (χ3n) is 4.87. The Bertz CT molecular complexity index is 457. The molecule has 1 aliphatic rings. The predicted octanol–water partition coefficient (Wildman–Crippen LogP) is 5.60. The van der Waals surface area contributed by atoms with Gasteiger partial charge in [-0.1, -0.05) is 52.5 Å². The van der Waals surface area contributed by atoms with Crippen LogP contribution >= 0.6 is 0 Å². The van der Waals surface area contributed by atoms with E-state index in [1.807, 2.05) is 0 Å². The average Bonchev–Trinajstić information content (AvgIpc) is 2.62. The van der Waals surface area contributed by atoms with Crippen LogP contribution in [0.3, 0.4) is 0 Å². The Kier molecular flexibility index (Phi) is 11.3. The molecular weight excluding hydrogens is 328 g/mol. The van der Waals surface area contributed by atoms with E-state index in [2.05, 4.69) is 27.7 Å². The van der Waals surface area contributed by atoms with Crippen LogP contribution in [0.4, 0.5) is 0 Å². The summed E-state index contributed by atoms with van der Waals surface area (Å²) in [7, 11) is 0. The number of carbonyl (C=O) groups excluding carboxylic acids is 2. The molecule has 1 rings (SSSR count). The smallest absolute Gasteiger partial charge is 0.334 e. The minimum Gasteiger partial charge on any atom is -0.465 e. The van der Waals surface area contributed by atoms with Crippen molar-refractivity contribution < 1.29 is 19.1 Å². The first kappa shape index (κ1) is 22.7. The van der Waals surface area contributed by atoms with Crippen molar-refractivity contribution in [3.8, 4) is 0 Å². The van der Waals surface area contributed by atoms with E-state index in [1.54, 1.807) is 0 Å². The van der Waals surface area contributed by atoms with Gasteiger partial charge >= 0.3 is 11.9 Å². The Labute approximate surface area is 159 Å². The maximum atomic E-state index is 12.9. The van der Waals surface area contributed by atoms with Crippen molar-refractivity contribution in [3.05, 3.63) is 11.1 Å². The van der Waals surface area contributed by atoms with Gasteiger partial charge in [0.05, 0.1) is 24.7 Å². The predicted molar refractivity (Wildman–Crippen MR) is 105 cm³/mol. The van der Waals surface area contributed by atoms with Gasteiger partial charge in [0.15, 0.2) is 0 Å². The molecule has 0 aromatic heterocycles. The zero-order valence-electron chi connectivity index (χ0n) is 17.3. The third-order valence-corrected chi connectivity index (χ3v) is 4.87. The van der Waals surface area contributed by atoms with E-state index in [1.165, 1.54) is 6.42 Å². The SMILES string of the molecule is CCCCOC(=O)C(=C1CCCCC1)C(CC(C)C)C(=O)OCCCC. The molecule has 0 saturated heterocycles. The summed E-state index contributed by atoms with van der Waals surface area (Å²) in [4.78, 5) is 25.7. The van der Waals surface area contributed by atoms with Crippen LogP contribution in [-0.4, -0.2) is 25.2 Å². The maximum Gasteiger partial charge on any atom is 0.334 e. The summed E-state index contributed by atoms with van der Waals surface area (Å²) in [6.07, 6.45) is 9.45. The van der Waals surface area contributed by atoms with Gasteiger partial charge in [0.2, 0.25) is 0 Å². The molecule has 0 bridgehead atoms. The lowest BCUT2D eigenvalue weighted by Crippen LogP contribution is -2.29. The van der Waals surface area contributed by atoms with Gasteiger partial charge in [-0.05, 0) is 50.9 Å². The molecule has 0 radical (unpaired) electrons. The summed E-state index contributed by atoms with van der Waals surface area (Å²) in [5, 5.41) is 0. The van der Waals surface area contributed by atoms with Gasteiger partial charge in [-0.25, -0.2) is 4.79 Å². The van der Waals surface area contributed by atoms with Crippen molar-refractivity contribution in [3.63, 3.8) is 0 Å². The first-order valence-electron chi connectivity index (χ1n) is 10.6. The first-order valence-corrected chi connectivity index (χ1v) is 10.6. The lowest BCUT2D eigenvalue weighted by molar-refractivity contribution is -0.151. The third kappa shape index (κ3) is 7.92. The summed E-state index contributed by atoms with van der Waals surface area (Å²) in [5.74, 6) is -0.739. The van der Waals surface area contributed by atoms with Crippen LogP contribution < -0.4 is 0 Å². The topological polar surface area (TPSA) is 52.6 Å². The highest BCUT2D eigenvalue weighted by atomic mass is 16.5. The fraction of sp³-hybridized carbons (Fsp3) is 0.818. The molecule has 0 aromatic rings. The van der Waals surface area contributed by atoms with Gasteiger partial charge < -0.3 is 9.47 Å². The Balaban J connectivity index is 3.06. The Hall–Kier alpha value is -1.32. The summed E-state index contributed by atoms with van der Waals surface area (Å²) in [6.45, 7) is 9.15. The molecule has 0 heterocycles. The Morgan fingerprint density at radius 2 is 1.50 bits per heavy atom. The molecule has 1 aliphatic carbocycles. The second-order valence-corrected chi connectivity index (χ2v) is 7.77. The fourth-order valence-electron chi connectivity index (χ4n) is 3.39. The highest BCUT2D eigenvalue weighted by molar-refractivity contribution is 5.96. The van der Waals surface area contributed by atoms with Crippen molar-refractivity contribution in [2.45, 2.75) is 91.9 Å². The standard InChI is InChI=1S/C22H38O4/c1-5-7-14-25-21(23)19(16-17(3)4)20(18-12-10-9-11-13-18)22(24)26-15-8-6-2/h17,19H,5-16H2,1-4H3. The lowest BCUT2D eigenvalue weighted by atomic mass is 9.82. The van der Waals surface area contributed by atoms with E-state index in [0.717, 1.165) is 56.9 Å². The van der Waals surface area contributed by atoms with E-state index in [-0.39, 0.29) is 11.9 Å². The van der Waals surface area contributed by atoms with Crippen molar-refractivity contribution in [2.24, 2.45) is 11.8 Å². The minimum absolute atomic E-state index is 0.257. The second-order valence-electron chi connectivity index (χ2n) is 7.77. The van der Waals surface area contributed by atoms with Crippen LogP contribution in [-0.2, 0) is 19.1 Å². The molecule has 1 atom stereocenters. The van der Waals surface area contributed by atoms with Gasteiger partial charge in [-0.3, -0.25) is 4.79 Å². The molecule has 0 aliphatic heterocycles. The van der Waals surface area contributed by atoms with Crippen LogP contribution in [0.5, 0.6) is 0 Å². The quantitative estimate of drug-likeness (QED) is 0.271. The van der Waals surface area contributed by atoms with Crippen LogP contribution in [0.25, 0.3) is 0 Å². The largest absolute Gasteiger partial charge is 0.465 e. The Morgan fingerprint density at radius 1 is 0.923 bits per heavy atom. The van der Waals surface area contributed by atoms with Crippen molar-refractivity contribution in [1.29, 1.82) is 0 Å². The van der Waals surface area contributed by atoms with Crippen LogP contribution in [0, 0.1) is 11.8 Å². The van der Waals surface area contributed by atoms with E-state index in [9.17, 15) is 9.59 Å². The molecule has 0 N–H and O–H groups in total. The normalized spacial score (nSPS) is 15.7. The number of esters is 2. The molecule has 26 heavy (non-hydrogen) atoms. The molecule has 0 aromatic carbocycles. The monoisotopic (exact) mass is 366 g/mol. The van der Waals surface area contributed by atoms with Crippen LogP contribution in [0.15, 0.2) is 11.1 Å². The summed E-state index contributed by atoms with van der Waals surface area (Å²) >= 11 is 0. The summed E-state index contributed by atoms with van der Waals surface area (Å²) in [6, 6.07) is 0. The number of unbranched alkanes of at least 4 members (excludes halogenated alkanes) is 2. The van der Waals surface area contributed by atoms with Crippen molar-refractivity contribution >= 4 is 11.9 Å².